The summed E-state index contributed by atoms with van der Waals surface area (Å²) in [7, 11) is 0. The predicted molar refractivity (Wildman–Crippen MR) is 112 cm³/mol. The summed E-state index contributed by atoms with van der Waals surface area (Å²) < 4.78 is 12.2. The Labute approximate surface area is 180 Å². The van der Waals surface area contributed by atoms with E-state index in [-0.39, 0.29) is 24.0 Å². The van der Waals surface area contributed by atoms with E-state index in [1.54, 1.807) is 0 Å². The van der Waals surface area contributed by atoms with Gasteiger partial charge in [0.25, 0.3) is 0 Å². The van der Waals surface area contributed by atoms with E-state index in [1.165, 1.54) is 0 Å². The van der Waals surface area contributed by atoms with E-state index in [2.05, 4.69) is 4.98 Å². The smallest absolute Gasteiger partial charge is 0.230 e. The number of aromatic nitrogens is 1. The number of likely N-dealkylation sites (tertiary alicyclic amines) is 1. The number of fused-ring (bicyclic) bond motifs is 2. The number of hydrogen-bond donors (Lipinski definition) is 0. The molecule has 0 saturated carbocycles. The molecule has 7 nitrogen and oxygen atoms in total. The summed E-state index contributed by atoms with van der Waals surface area (Å²) in [6.45, 7) is 5.50. The Morgan fingerprint density at radius 2 is 2.06 bits per heavy atom. The summed E-state index contributed by atoms with van der Waals surface area (Å²) in [5, 5.41) is 0. The van der Waals surface area contributed by atoms with Crippen molar-refractivity contribution in [3.8, 4) is 11.5 Å². The van der Waals surface area contributed by atoms with Crippen molar-refractivity contribution in [2.24, 2.45) is 11.8 Å². The van der Waals surface area contributed by atoms with Crippen LogP contribution < -0.4 is 0 Å². The van der Waals surface area contributed by atoms with Gasteiger partial charge in [-0.3, -0.25) is 9.59 Å². The SMILES string of the molecule is CC(C)N1C[C@]23C=C[C@H](O2)[C@H](C(=O)N2CCc4oc(-c5ccccc5)nc4C2)[C@@H]3C1=O. The maximum atomic E-state index is 13.6. The van der Waals surface area contributed by atoms with Gasteiger partial charge in [0, 0.05) is 24.6 Å². The van der Waals surface area contributed by atoms with Gasteiger partial charge in [0.05, 0.1) is 31.0 Å². The Bertz CT molecular complexity index is 1090. The Morgan fingerprint density at radius 3 is 2.84 bits per heavy atom. The van der Waals surface area contributed by atoms with E-state index in [4.69, 9.17) is 9.15 Å². The van der Waals surface area contributed by atoms with Crippen molar-refractivity contribution >= 4 is 11.8 Å². The van der Waals surface area contributed by atoms with Gasteiger partial charge in [0.1, 0.15) is 17.1 Å². The normalized spacial score (nSPS) is 30.9. The van der Waals surface area contributed by atoms with Crippen LogP contribution in [0.15, 0.2) is 46.9 Å². The first kappa shape index (κ1) is 18.8. The molecule has 1 spiro atoms. The van der Waals surface area contributed by atoms with E-state index < -0.39 is 17.4 Å². The molecule has 0 unspecified atom stereocenters. The highest BCUT2D eigenvalue weighted by Crippen LogP contribution is 2.52. The first-order valence-corrected chi connectivity index (χ1v) is 11.0. The molecule has 4 aliphatic rings. The van der Waals surface area contributed by atoms with Gasteiger partial charge in [0.15, 0.2) is 0 Å². The van der Waals surface area contributed by atoms with Crippen LogP contribution in [0.4, 0.5) is 0 Å². The molecular formula is C24H25N3O4. The third-order valence-electron chi connectivity index (χ3n) is 7.10. The van der Waals surface area contributed by atoms with Gasteiger partial charge >= 0.3 is 0 Å². The zero-order valence-electron chi connectivity index (χ0n) is 17.7. The lowest BCUT2D eigenvalue weighted by Crippen LogP contribution is -2.47. The van der Waals surface area contributed by atoms with Gasteiger partial charge < -0.3 is 19.0 Å². The molecule has 2 bridgehead atoms. The number of nitrogens with zero attached hydrogens (tertiary/aromatic N) is 3. The molecule has 4 aliphatic heterocycles. The van der Waals surface area contributed by atoms with Crippen LogP contribution in [0.1, 0.15) is 25.3 Å². The molecule has 7 heteroatoms. The molecule has 1 aromatic carbocycles. The van der Waals surface area contributed by atoms with Crippen molar-refractivity contribution < 1.29 is 18.7 Å². The largest absolute Gasteiger partial charge is 0.441 e. The van der Waals surface area contributed by atoms with Gasteiger partial charge in [0.2, 0.25) is 17.7 Å². The van der Waals surface area contributed by atoms with Crippen LogP contribution in [0, 0.1) is 11.8 Å². The molecule has 2 fully saturated rings. The summed E-state index contributed by atoms with van der Waals surface area (Å²) in [5.74, 6) is 0.537. The lowest BCUT2D eigenvalue weighted by atomic mass is 9.76. The van der Waals surface area contributed by atoms with Gasteiger partial charge in [-0.05, 0) is 26.0 Å². The fraction of sp³-hybridized carbons (Fsp3) is 0.458. The number of oxazole rings is 1. The Balaban J connectivity index is 1.26. The number of ether oxygens (including phenoxy) is 1. The molecule has 1 aromatic heterocycles. The highest BCUT2D eigenvalue weighted by Gasteiger charge is 2.67. The van der Waals surface area contributed by atoms with Crippen molar-refractivity contribution in [3.63, 3.8) is 0 Å². The molecule has 6 rings (SSSR count). The number of hydrogen-bond acceptors (Lipinski definition) is 5. The Hall–Kier alpha value is -2.93. The van der Waals surface area contributed by atoms with Gasteiger partial charge in [-0.15, -0.1) is 0 Å². The maximum absolute atomic E-state index is 13.6. The van der Waals surface area contributed by atoms with E-state index in [0.29, 0.717) is 31.9 Å². The van der Waals surface area contributed by atoms with Crippen LogP contribution in [0.25, 0.3) is 11.5 Å². The summed E-state index contributed by atoms with van der Waals surface area (Å²) in [4.78, 5) is 35.1. The van der Waals surface area contributed by atoms with Crippen molar-refractivity contribution in [2.75, 3.05) is 13.1 Å². The van der Waals surface area contributed by atoms with E-state index in [9.17, 15) is 9.59 Å². The first-order valence-electron chi connectivity index (χ1n) is 11.0. The molecule has 2 amide bonds. The fourth-order valence-electron chi connectivity index (χ4n) is 5.55. The van der Waals surface area contributed by atoms with Gasteiger partial charge in [-0.25, -0.2) is 4.98 Å². The zero-order chi connectivity index (χ0) is 21.3. The quantitative estimate of drug-likeness (QED) is 0.715. The van der Waals surface area contributed by atoms with Crippen LogP contribution in [0.2, 0.25) is 0 Å². The number of carbonyl (C=O) groups is 2. The fourth-order valence-corrected chi connectivity index (χ4v) is 5.55. The molecule has 4 atom stereocenters. The standard InChI is InChI=1S/C24H25N3O4/c1-14(2)27-13-24-10-8-18(31-24)19(20(24)23(27)29)22(28)26-11-9-17-16(12-26)25-21(30-17)15-6-4-3-5-7-15/h3-8,10,14,18-20H,9,11-13H2,1-2H3/t18-,19-,20+,24-/m0/s1. The maximum Gasteiger partial charge on any atom is 0.230 e. The van der Waals surface area contributed by atoms with Crippen LogP contribution in [0.3, 0.4) is 0 Å². The lowest BCUT2D eigenvalue weighted by molar-refractivity contribution is -0.144. The molecule has 0 radical (unpaired) electrons. The first-order chi connectivity index (χ1) is 15.0. The van der Waals surface area contributed by atoms with Crippen molar-refractivity contribution in [3.05, 3.63) is 53.9 Å². The van der Waals surface area contributed by atoms with Crippen molar-refractivity contribution in [2.45, 2.75) is 44.6 Å². The predicted octanol–water partition coefficient (Wildman–Crippen LogP) is 2.42. The monoisotopic (exact) mass is 419 g/mol. The summed E-state index contributed by atoms with van der Waals surface area (Å²) in [6, 6.07) is 9.87. The van der Waals surface area contributed by atoms with Crippen LogP contribution in [-0.2, 0) is 27.3 Å². The number of rotatable bonds is 3. The summed E-state index contributed by atoms with van der Waals surface area (Å²) in [6.07, 6.45) is 4.27. The highest BCUT2D eigenvalue weighted by molar-refractivity contribution is 5.93. The molecule has 2 saturated heterocycles. The Kier molecular flexibility index (Phi) is 3.96. The number of carbonyl (C=O) groups excluding carboxylic acids is 2. The number of benzene rings is 1. The van der Waals surface area contributed by atoms with E-state index in [1.807, 2.05) is 66.1 Å². The van der Waals surface area contributed by atoms with Gasteiger partial charge in [-0.2, -0.15) is 0 Å². The van der Waals surface area contributed by atoms with Crippen LogP contribution >= 0.6 is 0 Å². The second-order valence-corrected chi connectivity index (χ2v) is 9.22. The zero-order valence-corrected chi connectivity index (χ0v) is 17.7. The number of amides is 2. The van der Waals surface area contributed by atoms with E-state index in [0.717, 1.165) is 17.0 Å². The minimum atomic E-state index is -0.651. The molecule has 0 aliphatic carbocycles. The molecule has 2 aromatic rings. The second kappa shape index (κ2) is 6.53. The topological polar surface area (TPSA) is 75.9 Å². The highest BCUT2D eigenvalue weighted by atomic mass is 16.5. The summed E-state index contributed by atoms with van der Waals surface area (Å²) in [5.41, 5.74) is 1.07. The third-order valence-corrected chi connectivity index (χ3v) is 7.10. The van der Waals surface area contributed by atoms with E-state index >= 15 is 0 Å². The molecule has 0 N–H and O–H groups in total. The van der Waals surface area contributed by atoms with Crippen LogP contribution in [0.5, 0.6) is 0 Å². The van der Waals surface area contributed by atoms with Crippen molar-refractivity contribution in [1.82, 2.24) is 14.8 Å². The second-order valence-electron chi connectivity index (χ2n) is 9.22. The molecular weight excluding hydrogens is 394 g/mol. The van der Waals surface area contributed by atoms with Crippen LogP contribution in [-0.4, -0.2) is 57.4 Å². The average Bonchev–Trinajstić information content (AvgIpc) is 3.52. The molecule has 5 heterocycles. The minimum Gasteiger partial charge on any atom is -0.441 e. The molecule has 160 valence electrons. The summed E-state index contributed by atoms with van der Waals surface area (Å²) >= 11 is 0. The third kappa shape index (κ3) is 2.65. The van der Waals surface area contributed by atoms with Gasteiger partial charge in [-0.1, -0.05) is 30.4 Å². The molecule has 31 heavy (non-hydrogen) atoms. The minimum absolute atomic E-state index is 0.0184. The Morgan fingerprint density at radius 1 is 1.26 bits per heavy atom. The average molecular weight is 419 g/mol. The van der Waals surface area contributed by atoms with Crippen molar-refractivity contribution in [1.29, 1.82) is 0 Å². The lowest BCUT2D eigenvalue weighted by Gasteiger charge is -2.31.